The van der Waals surface area contributed by atoms with Crippen LogP contribution in [0.2, 0.25) is 5.02 Å². The van der Waals surface area contributed by atoms with Crippen molar-refractivity contribution in [1.29, 1.82) is 0 Å². The standard InChI is InChI=1S/C16H14ClNO6S/c1-23-15-10-11(9-14(17)16(15)24-2)7-8-25(21,22)13-5-3-12(4-6-13)18(19)20/h3-10H,1-2H3/b8-7+. The van der Waals surface area contributed by atoms with E-state index >= 15 is 0 Å². The average molecular weight is 384 g/mol. The molecule has 0 aliphatic heterocycles. The van der Waals surface area contributed by atoms with Gasteiger partial charge in [0.2, 0.25) is 0 Å². The van der Waals surface area contributed by atoms with Gasteiger partial charge in [0.15, 0.2) is 21.3 Å². The van der Waals surface area contributed by atoms with Crippen LogP contribution in [0.5, 0.6) is 11.5 Å². The number of hydrogen-bond donors (Lipinski definition) is 0. The summed E-state index contributed by atoms with van der Waals surface area (Å²) in [6, 6.07) is 7.73. The van der Waals surface area contributed by atoms with Crippen LogP contribution < -0.4 is 9.47 Å². The number of non-ortho nitro benzene ring substituents is 1. The van der Waals surface area contributed by atoms with Crippen molar-refractivity contribution in [2.45, 2.75) is 4.90 Å². The minimum Gasteiger partial charge on any atom is -0.493 e. The van der Waals surface area contributed by atoms with Crippen molar-refractivity contribution in [2.75, 3.05) is 14.2 Å². The van der Waals surface area contributed by atoms with Gasteiger partial charge < -0.3 is 9.47 Å². The lowest BCUT2D eigenvalue weighted by Gasteiger charge is -2.10. The van der Waals surface area contributed by atoms with Gasteiger partial charge in [-0.15, -0.1) is 0 Å². The maximum absolute atomic E-state index is 12.3. The summed E-state index contributed by atoms with van der Waals surface area (Å²) in [5.41, 5.74) is 0.308. The molecule has 0 radical (unpaired) electrons. The minimum atomic E-state index is -3.77. The van der Waals surface area contributed by atoms with E-state index in [1.54, 1.807) is 6.07 Å². The Kier molecular flexibility index (Phi) is 5.66. The number of ether oxygens (including phenoxy) is 2. The fourth-order valence-electron chi connectivity index (χ4n) is 2.04. The van der Waals surface area contributed by atoms with E-state index in [-0.39, 0.29) is 15.6 Å². The molecular weight excluding hydrogens is 370 g/mol. The largest absolute Gasteiger partial charge is 0.493 e. The monoisotopic (exact) mass is 383 g/mol. The number of sulfone groups is 1. The molecule has 0 aliphatic carbocycles. The Balaban J connectivity index is 2.34. The molecule has 0 aromatic heterocycles. The van der Waals surface area contributed by atoms with E-state index in [4.69, 9.17) is 21.1 Å². The molecule has 2 rings (SSSR count). The molecule has 0 aliphatic rings. The molecule has 0 spiro atoms. The number of rotatable bonds is 6. The van der Waals surface area contributed by atoms with E-state index < -0.39 is 14.8 Å². The molecule has 25 heavy (non-hydrogen) atoms. The fraction of sp³-hybridized carbons (Fsp3) is 0.125. The van der Waals surface area contributed by atoms with E-state index in [1.165, 1.54) is 38.5 Å². The predicted molar refractivity (Wildman–Crippen MR) is 93.9 cm³/mol. The average Bonchev–Trinajstić information content (AvgIpc) is 2.59. The molecule has 0 fully saturated rings. The molecule has 2 aromatic carbocycles. The first-order valence-electron chi connectivity index (χ1n) is 6.87. The van der Waals surface area contributed by atoms with Crippen LogP contribution >= 0.6 is 11.6 Å². The van der Waals surface area contributed by atoms with Gasteiger partial charge in [0.25, 0.3) is 5.69 Å². The summed E-state index contributed by atoms with van der Waals surface area (Å²) < 4.78 is 34.9. The zero-order valence-electron chi connectivity index (χ0n) is 13.3. The minimum absolute atomic E-state index is 0.0547. The van der Waals surface area contributed by atoms with Crippen molar-refractivity contribution in [3.05, 3.63) is 62.5 Å². The zero-order chi connectivity index (χ0) is 18.6. The lowest BCUT2D eigenvalue weighted by Crippen LogP contribution is -1.97. The molecule has 0 amide bonds. The van der Waals surface area contributed by atoms with E-state index in [2.05, 4.69) is 0 Å². The highest BCUT2D eigenvalue weighted by atomic mass is 35.5. The molecule has 0 bridgehead atoms. The van der Waals surface area contributed by atoms with Gasteiger partial charge in [-0.2, -0.15) is 0 Å². The van der Waals surface area contributed by atoms with Gasteiger partial charge in [0, 0.05) is 17.5 Å². The smallest absolute Gasteiger partial charge is 0.269 e. The van der Waals surface area contributed by atoms with Crippen LogP contribution in [0.15, 0.2) is 46.7 Å². The maximum Gasteiger partial charge on any atom is 0.269 e. The van der Waals surface area contributed by atoms with Crippen molar-refractivity contribution in [2.24, 2.45) is 0 Å². The Labute approximate surface area is 149 Å². The first-order valence-corrected chi connectivity index (χ1v) is 8.80. The Morgan fingerprint density at radius 1 is 1.12 bits per heavy atom. The summed E-state index contributed by atoms with van der Waals surface area (Å²) in [7, 11) is -0.885. The maximum atomic E-state index is 12.3. The Morgan fingerprint density at radius 2 is 1.76 bits per heavy atom. The van der Waals surface area contributed by atoms with Crippen molar-refractivity contribution in [1.82, 2.24) is 0 Å². The molecule has 0 saturated carbocycles. The molecule has 0 heterocycles. The second kappa shape index (κ2) is 7.54. The lowest BCUT2D eigenvalue weighted by molar-refractivity contribution is -0.384. The number of nitrogens with zero attached hydrogens (tertiary/aromatic N) is 1. The summed E-state index contributed by atoms with van der Waals surface area (Å²) in [5, 5.41) is 11.9. The van der Waals surface area contributed by atoms with Crippen LogP contribution in [0, 0.1) is 10.1 Å². The lowest BCUT2D eigenvalue weighted by atomic mass is 10.2. The van der Waals surface area contributed by atoms with Crippen LogP contribution in [0.1, 0.15) is 5.56 Å². The fourth-order valence-corrected chi connectivity index (χ4v) is 3.34. The molecule has 0 unspecified atom stereocenters. The number of methoxy groups -OCH3 is 2. The first kappa shape index (κ1) is 18.8. The number of nitro benzene ring substituents is 1. The van der Waals surface area contributed by atoms with Crippen molar-refractivity contribution >= 4 is 33.2 Å². The normalized spacial score (nSPS) is 11.5. The zero-order valence-corrected chi connectivity index (χ0v) is 14.9. The second-order valence-electron chi connectivity index (χ2n) is 4.84. The summed E-state index contributed by atoms with van der Waals surface area (Å²) >= 11 is 6.08. The molecule has 132 valence electrons. The summed E-state index contributed by atoms with van der Waals surface area (Å²) in [6.45, 7) is 0. The third kappa shape index (κ3) is 4.28. The first-order chi connectivity index (χ1) is 11.8. The Hall–Kier alpha value is -2.58. The van der Waals surface area contributed by atoms with Crippen molar-refractivity contribution in [3.63, 3.8) is 0 Å². The number of hydrogen-bond acceptors (Lipinski definition) is 6. The summed E-state index contributed by atoms with van der Waals surface area (Å²) in [4.78, 5) is 9.97. The van der Waals surface area contributed by atoms with Crippen LogP contribution in [0.4, 0.5) is 5.69 Å². The van der Waals surface area contributed by atoms with Crippen LogP contribution in [0.3, 0.4) is 0 Å². The molecule has 7 nitrogen and oxygen atoms in total. The molecule has 0 atom stereocenters. The predicted octanol–water partition coefficient (Wildman–Crippen LogP) is 3.71. The van der Waals surface area contributed by atoms with E-state index in [1.807, 2.05) is 0 Å². The van der Waals surface area contributed by atoms with Gasteiger partial charge in [-0.25, -0.2) is 8.42 Å². The SMILES string of the molecule is COc1cc(/C=C/S(=O)(=O)c2ccc([N+](=O)[O-])cc2)cc(Cl)c1OC. The molecule has 9 heteroatoms. The van der Waals surface area contributed by atoms with Crippen LogP contribution in [0.25, 0.3) is 6.08 Å². The number of benzene rings is 2. The topological polar surface area (TPSA) is 95.7 Å². The van der Waals surface area contributed by atoms with Gasteiger partial charge >= 0.3 is 0 Å². The highest BCUT2D eigenvalue weighted by Gasteiger charge is 2.14. The van der Waals surface area contributed by atoms with E-state index in [0.717, 1.165) is 17.5 Å². The highest BCUT2D eigenvalue weighted by molar-refractivity contribution is 7.94. The quantitative estimate of drug-likeness (QED) is 0.557. The van der Waals surface area contributed by atoms with Crippen molar-refractivity contribution in [3.8, 4) is 11.5 Å². The summed E-state index contributed by atoms with van der Waals surface area (Å²) in [6.07, 6.45) is 1.35. The van der Waals surface area contributed by atoms with Crippen molar-refractivity contribution < 1.29 is 22.8 Å². The van der Waals surface area contributed by atoms with Gasteiger partial charge in [-0.05, 0) is 35.9 Å². The third-order valence-corrected chi connectivity index (χ3v) is 4.98. The third-order valence-electron chi connectivity index (χ3n) is 3.27. The second-order valence-corrected chi connectivity index (χ2v) is 7.08. The molecule has 2 aromatic rings. The molecule has 0 N–H and O–H groups in total. The van der Waals surface area contributed by atoms with E-state index in [9.17, 15) is 18.5 Å². The van der Waals surface area contributed by atoms with Gasteiger partial charge in [0.1, 0.15) is 0 Å². The van der Waals surface area contributed by atoms with E-state index in [0.29, 0.717) is 17.1 Å². The number of nitro groups is 1. The van der Waals surface area contributed by atoms with Crippen LogP contribution in [-0.4, -0.2) is 27.6 Å². The van der Waals surface area contributed by atoms with Gasteiger partial charge in [0.05, 0.1) is 29.1 Å². The summed E-state index contributed by atoms with van der Waals surface area (Å²) in [5.74, 6) is 0.710. The number of halogens is 1. The molecule has 0 saturated heterocycles. The molecular formula is C16H14ClNO6S. The van der Waals surface area contributed by atoms with Gasteiger partial charge in [-0.1, -0.05) is 11.6 Å². The van der Waals surface area contributed by atoms with Gasteiger partial charge in [-0.3, -0.25) is 10.1 Å². The van der Waals surface area contributed by atoms with Crippen LogP contribution in [-0.2, 0) is 9.84 Å². The Bertz CT molecular complexity index is 922. The Morgan fingerprint density at radius 3 is 2.28 bits per heavy atom. The highest BCUT2D eigenvalue weighted by Crippen LogP contribution is 2.36.